The van der Waals surface area contributed by atoms with Gasteiger partial charge in [0.1, 0.15) is 11.4 Å². The van der Waals surface area contributed by atoms with Crippen LogP contribution in [0.2, 0.25) is 0 Å². The molecule has 0 saturated carbocycles. The molecule has 160 valence electrons. The molecule has 2 amide bonds. The molecule has 5 aromatic rings. The van der Waals surface area contributed by atoms with Crippen molar-refractivity contribution in [2.45, 2.75) is 0 Å². The number of anilines is 2. The lowest BCUT2D eigenvalue weighted by atomic mass is 10.1. The van der Waals surface area contributed by atoms with Gasteiger partial charge in [-0.2, -0.15) is 5.10 Å². The summed E-state index contributed by atoms with van der Waals surface area (Å²) in [5.74, 6) is -0.392. The second-order valence-electron chi connectivity index (χ2n) is 7.46. The molecule has 5 rings (SSSR count). The number of hydrogen-bond donors (Lipinski definition) is 2. The van der Waals surface area contributed by atoms with Crippen LogP contribution < -0.4 is 10.6 Å². The molecule has 0 spiro atoms. The molecule has 0 aliphatic heterocycles. The SMILES string of the molecule is O=C(Nc1c(C(=O)Nc2cccc3ccccc23)cnn1-c1ccccc1)c1ccccc1. The summed E-state index contributed by atoms with van der Waals surface area (Å²) in [5, 5.41) is 12.2. The van der Waals surface area contributed by atoms with Crippen LogP contribution in [0.1, 0.15) is 20.7 Å². The van der Waals surface area contributed by atoms with Crippen LogP contribution in [0.4, 0.5) is 11.5 Å². The number of para-hydroxylation sites is 1. The van der Waals surface area contributed by atoms with Crippen molar-refractivity contribution < 1.29 is 9.59 Å². The first-order valence-electron chi connectivity index (χ1n) is 10.5. The van der Waals surface area contributed by atoms with E-state index in [1.54, 1.807) is 28.9 Å². The van der Waals surface area contributed by atoms with E-state index < -0.39 is 0 Å². The average Bonchev–Trinajstić information content (AvgIpc) is 3.29. The second kappa shape index (κ2) is 8.80. The molecule has 0 unspecified atom stereocenters. The van der Waals surface area contributed by atoms with E-state index in [4.69, 9.17) is 0 Å². The first-order chi connectivity index (χ1) is 16.2. The van der Waals surface area contributed by atoms with E-state index in [2.05, 4.69) is 15.7 Å². The predicted octanol–water partition coefficient (Wildman–Crippen LogP) is 5.53. The number of fused-ring (bicyclic) bond motifs is 1. The number of benzene rings is 4. The lowest BCUT2D eigenvalue weighted by molar-refractivity contribution is 0.102. The molecule has 6 nitrogen and oxygen atoms in total. The maximum atomic E-state index is 13.3. The van der Waals surface area contributed by atoms with E-state index in [0.717, 1.165) is 16.5 Å². The van der Waals surface area contributed by atoms with E-state index in [9.17, 15) is 9.59 Å². The van der Waals surface area contributed by atoms with Gasteiger partial charge in [0.2, 0.25) is 0 Å². The van der Waals surface area contributed by atoms with Crippen LogP contribution in [0.5, 0.6) is 0 Å². The third-order valence-electron chi connectivity index (χ3n) is 5.32. The van der Waals surface area contributed by atoms with Gasteiger partial charge >= 0.3 is 0 Å². The van der Waals surface area contributed by atoms with E-state index in [0.29, 0.717) is 17.1 Å². The van der Waals surface area contributed by atoms with Crippen molar-refractivity contribution in [3.05, 3.63) is 120 Å². The van der Waals surface area contributed by atoms with Crippen molar-refractivity contribution in [3.63, 3.8) is 0 Å². The van der Waals surface area contributed by atoms with Crippen LogP contribution in [0.3, 0.4) is 0 Å². The van der Waals surface area contributed by atoms with Crippen LogP contribution in [0.25, 0.3) is 16.5 Å². The summed E-state index contributed by atoms with van der Waals surface area (Å²) in [4.78, 5) is 26.2. The molecule has 0 radical (unpaired) electrons. The molecular weight excluding hydrogens is 412 g/mol. The zero-order valence-corrected chi connectivity index (χ0v) is 17.6. The number of rotatable bonds is 5. The van der Waals surface area contributed by atoms with Gasteiger partial charge < -0.3 is 10.6 Å². The molecule has 4 aromatic carbocycles. The molecule has 0 atom stereocenters. The van der Waals surface area contributed by atoms with Crippen molar-refractivity contribution in [1.82, 2.24) is 9.78 Å². The Morgan fingerprint density at radius 3 is 2.12 bits per heavy atom. The standard InChI is InChI=1S/C27H20N4O2/c32-26(20-11-3-1-4-12-20)30-25-23(18-28-31(25)21-14-5-2-6-15-21)27(33)29-24-17-9-13-19-10-7-8-16-22(19)24/h1-18H,(H,29,33)(H,30,32). The quantitative estimate of drug-likeness (QED) is 0.383. The van der Waals surface area contributed by atoms with Crippen LogP contribution in [-0.2, 0) is 0 Å². The van der Waals surface area contributed by atoms with Gasteiger partial charge in [-0.15, -0.1) is 0 Å². The highest BCUT2D eigenvalue weighted by Gasteiger charge is 2.21. The number of carbonyl (C=O) groups excluding carboxylic acids is 2. The predicted molar refractivity (Wildman–Crippen MR) is 130 cm³/mol. The molecule has 0 bridgehead atoms. The van der Waals surface area contributed by atoms with E-state index in [-0.39, 0.29) is 17.4 Å². The summed E-state index contributed by atoms with van der Waals surface area (Å²) < 4.78 is 1.55. The van der Waals surface area contributed by atoms with Crippen LogP contribution in [-0.4, -0.2) is 21.6 Å². The summed E-state index contributed by atoms with van der Waals surface area (Å²) in [6.45, 7) is 0. The molecule has 0 fully saturated rings. The van der Waals surface area contributed by atoms with E-state index >= 15 is 0 Å². The minimum Gasteiger partial charge on any atom is -0.321 e. The second-order valence-corrected chi connectivity index (χ2v) is 7.46. The molecule has 1 aromatic heterocycles. The third kappa shape index (κ3) is 4.09. The zero-order chi connectivity index (χ0) is 22.6. The summed E-state index contributed by atoms with van der Waals surface area (Å²) in [5.41, 5.74) is 2.16. The number of amides is 2. The largest absolute Gasteiger partial charge is 0.321 e. The first kappa shape index (κ1) is 20.2. The molecule has 0 aliphatic carbocycles. The topological polar surface area (TPSA) is 76.0 Å². The minimum atomic E-state index is -0.364. The smallest absolute Gasteiger partial charge is 0.261 e. The summed E-state index contributed by atoms with van der Waals surface area (Å²) in [6, 6.07) is 31.8. The maximum absolute atomic E-state index is 13.3. The minimum absolute atomic E-state index is 0.260. The van der Waals surface area contributed by atoms with Crippen molar-refractivity contribution in [3.8, 4) is 5.69 Å². The van der Waals surface area contributed by atoms with Crippen LogP contribution in [0, 0.1) is 0 Å². The Hall–Kier alpha value is -4.71. The normalized spacial score (nSPS) is 10.7. The van der Waals surface area contributed by atoms with Crippen molar-refractivity contribution in [2.75, 3.05) is 10.6 Å². The Morgan fingerprint density at radius 2 is 1.33 bits per heavy atom. The Morgan fingerprint density at radius 1 is 0.667 bits per heavy atom. The van der Waals surface area contributed by atoms with Gasteiger partial charge in [-0.3, -0.25) is 9.59 Å². The Kier molecular flexibility index (Phi) is 5.39. The van der Waals surface area contributed by atoms with Gasteiger partial charge in [0.15, 0.2) is 0 Å². The molecule has 6 heteroatoms. The zero-order valence-electron chi connectivity index (χ0n) is 17.6. The van der Waals surface area contributed by atoms with Gasteiger partial charge in [-0.1, -0.05) is 72.8 Å². The highest BCUT2D eigenvalue weighted by Crippen LogP contribution is 2.26. The highest BCUT2D eigenvalue weighted by molar-refractivity contribution is 6.14. The number of carbonyl (C=O) groups is 2. The molecule has 33 heavy (non-hydrogen) atoms. The van der Waals surface area contributed by atoms with Gasteiger partial charge in [0.05, 0.1) is 11.9 Å². The maximum Gasteiger partial charge on any atom is 0.261 e. The van der Waals surface area contributed by atoms with Crippen molar-refractivity contribution >= 4 is 34.1 Å². The lowest BCUT2D eigenvalue weighted by Crippen LogP contribution is -2.19. The Bertz CT molecular complexity index is 1440. The van der Waals surface area contributed by atoms with Crippen LogP contribution in [0.15, 0.2) is 109 Å². The molecular formula is C27H20N4O2. The van der Waals surface area contributed by atoms with Crippen molar-refractivity contribution in [1.29, 1.82) is 0 Å². The fourth-order valence-corrected chi connectivity index (χ4v) is 3.69. The number of hydrogen-bond acceptors (Lipinski definition) is 3. The number of nitrogens with zero attached hydrogens (tertiary/aromatic N) is 2. The number of nitrogens with one attached hydrogen (secondary N) is 2. The van der Waals surface area contributed by atoms with E-state index in [1.165, 1.54) is 6.20 Å². The molecule has 0 aliphatic rings. The lowest BCUT2D eigenvalue weighted by Gasteiger charge is -2.12. The van der Waals surface area contributed by atoms with E-state index in [1.807, 2.05) is 78.9 Å². The van der Waals surface area contributed by atoms with Crippen molar-refractivity contribution in [2.24, 2.45) is 0 Å². The summed E-state index contributed by atoms with van der Waals surface area (Å²) >= 11 is 0. The molecule has 2 N–H and O–H groups in total. The summed E-state index contributed by atoms with van der Waals surface area (Å²) in [6.07, 6.45) is 1.47. The molecule has 0 saturated heterocycles. The summed E-state index contributed by atoms with van der Waals surface area (Å²) in [7, 11) is 0. The fraction of sp³-hybridized carbons (Fsp3) is 0. The third-order valence-corrected chi connectivity index (χ3v) is 5.32. The Labute approximate surface area is 190 Å². The fourth-order valence-electron chi connectivity index (χ4n) is 3.69. The monoisotopic (exact) mass is 432 g/mol. The van der Waals surface area contributed by atoms with Gasteiger partial charge in [0, 0.05) is 16.6 Å². The van der Waals surface area contributed by atoms with Crippen LogP contribution >= 0.6 is 0 Å². The Balaban J connectivity index is 1.53. The van der Waals surface area contributed by atoms with Gasteiger partial charge in [-0.05, 0) is 35.7 Å². The van der Waals surface area contributed by atoms with Gasteiger partial charge in [0.25, 0.3) is 11.8 Å². The number of aromatic nitrogens is 2. The van der Waals surface area contributed by atoms with Gasteiger partial charge in [-0.25, -0.2) is 4.68 Å². The highest BCUT2D eigenvalue weighted by atomic mass is 16.2. The molecule has 1 heterocycles. The first-order valence-corrected chi connectivity index (χ1v) is 10.5. The average molecular weight is 432 g/mol.